The highest BCUT2D eigenvalue weighted by Crippen LogP contribution is 2.25. The summed E-state index contributed by atoms with van der Waals surface area (Å²) in [6.45, 7) is 5.32. The predicted molar refractivity (Wildman–Crippen MR) is 60.2 cm³/mol. The molecule has 0 spiro atoms. The Morgan fingerprint density at radius 1 is 1.40 bits per heavy atom. The van der Waals surface area contributed by atoms with Crippen LogP contribution >= 0.6 is 0 Å². The normalized spacial score (nSPS) is 17.8. The van der Waals surface area contributed by atoms with Gasteiger partial charge in [0.15, 0.2) is 0 Å². The number of aliphatic hydroxyl groups is 1. The summed E-state index contributed by atoms with van der Waals surface area (Å²) >= 11 is 0. The minimum atomic E-state index is -0.244. The maximum absolute atomic E-state index is 9.00. The Morgan fingerprint density at radius 2 is 2.13 bits per heavy atom. The number of aliphatic hydroxyl groups excluding tert-OH is 1. The van der Waals surface area contributed by atoms with Gasteiger partial charge in [-0.3, -0.25) is 4.90 Å². The van der Waals surface area contributed by atoms with Crippen molar-refractivity contribution in [2.45, 2.75) is 26.1 Å². The molecule has 0 aliphatic carbocycles. The number of nitrogens with zero attached hydrogens (tertiary/aromatic N) is 1. The second-order valence-electron chi connectivity index (χ2n) is 4.12. The van der Waals surface area contributed by atoms with E-state index in [0.29, 0.717) is 0 Å². The smallest absolute Gasteiger partial charge is 0.0624 e. The number of benzene rings is 1. The molecular formula is C12H18N2O. The number of fused-ring (bicyclic) bond motifs is 1. The van der Waals surface area contributed by atoms with E-state index in [-0.39, 0.29) is 12.6 Å². The molecule has 0 saturated carbocycles. The lowest BCUT2D eigenvalue weighted by Crippen LogP contribution is -2.15. The van der Waals surface area contributed by atoms with Gasteiger partial charge in [-0.25, -0.2) is 0 Å². The molecule has 1 aliphatic rings. The molecule has 3 N–H and O–H groups in total. The molecule has 1 heterocycles. The Bertz CT molecular complexity index is 351. The van der Waals surface area contributed by atoms with Gasteiger partial charge in [-0.1, -0.05) is 25.1 Å². The van der Waals surface area contributed by atoms with Gasteiger partial charge < -0.3 is 10.8 Å². The fourth-order valence-corrected chi connectivity index (χ4v) is 2.04. The molecule has 82 valence electrons. The Kier molecular flexibility index (Phi) is 3.05. The van der Waals surface area contributed by atoms with Crippen molar-refractivity contribution in [3.05, 3.63) is 34.9 Å². The van der Waals surface area contributed by atoms with Crippen LogP contribution in [0.1, 0.15) is 29.7 Å². The predicted octanol–water partition coefficient (Wildman–Crippen LogP) is 1.01. The molecule has 0 amide bonds. The molecule has 0 radical (unpaired) electrons. The maximum Gasteiger partial charge on any atom is 0.0624 e. The maximum atomic E-state index is 9.00. The first-order valence-electron chi connectivity index (χ1n) is 5.45. The van der Waals surface area contributed by atoms with E-state index in [1.807, 2.05) is 6.07 Å². The minimum Gasteiger partial charge on any atom is -0.394 e. The van der Waals surface area contributed by atoms with Crippen LogP contribution in [0, 0.1) is 0 Å². The fourth-order valence-electron chi connectivity index (χ4n) is 2.04. The number of hydrogen-bond acceptors (Lipinski definition) is 3. The molecule has 1 unspecified atom stereocenters. The van der Waals surface area contributed by atoms with Crippen LogP contribution in [0.15, 0.2) is 18.2 Å². The van der Waals surface area contributed by atoms with E-state index in [1.165, 1.54) is 11.1 Å². The highest BCUT2D eigenvalue weighted by molar-refractivity contribution is 5.36. The summed E-state index contributed by atoms with van der Waals surface area (Å²) in [5.74, 6) is 0. The third-order valence-electron chi connectivity index (χ3n) is 3.09. The second kappa shape index (κ2) is 4.31. The van der Waals surface area contributed by atoms with Crippen molar-refractivity contribution in [2.75, 3.05) is 13.2 Å². The Morgan fingerprint density at radius 3 is 2.80 bits per heavy atom. The highest BCUT2D eigenvalue weighted by atomic mass is 16.3. The van der Waals surface area contributed by atoms with Gasteiger partial charge >= 0.3 is 0 Å². The van der Waals surface area contributed by atoms with Gasteiger partial charge in [0, 0.05) is 13.1 Å². The zero-order chi connectivity index (χ0) is 10.8. The summed E-state index contributed by atoms with van der Waals surface area (Å²) in [4.78, 5) is 2.39. The van der Waals surface area contributed by atoms with E-state index in [1.54, 1.807) is 0 Å². The molecule has 2 rings (SSSR count). The molecule has 0 aromatic heterocycles. The van der Waals surface area contributed by atoms with Gasteiger partial charge in [-0.2, -0.15) is 0 Å². The molecule has 0 fully saturated rings. The summed E-state index contributed by atoms with van der Waals surface area (Å²) in [5, 5.41) is 9.00. The Labute approximate surface area is 90.5 Å². The van der Waals surface area contributed by atoms with E-state index < -0.39 is 0 Å². The van der Waals surface area contributed by atoms with E-state index in [9.17, 15) is 0 Å². The number of nitrogens with two attached hydrogens (primary N) is 1. The topological polar surface area (TPSA) is 49.5 Å². The lowest BCUT2D eigenvalue weighted by molar-refractivity contribution is 0.268. The molecular weight excluding hydrogens is 188 g/mol. The summed E-state index contributed by atoms with van der Waals surface area (Å²) in [6.07, 6.45) is 0. The zero-order valence-corrected chi connectivity index (χ0v) is 9.11. The molecule has 0 bridgehead atoms. The third-order valence-corrected chi connectivity index (χ3v) is 3.09. The van der Waals surface area contributed by atoms with Gasteiger partial charge in [0.25, 0.3) is 0 Å². The largest absolute Gasteiger partial charge is 0.394 e. The fraction of sp³-hybridized carbons (Fsp3) is 0.500. The zero-order valence-electron chi connectivity index (χ0n) is 9.11. The second-order valence-corrected chi connectivity index (χ2v) is 4.12. The van der Waals surface area contributed by atoms with E-state index >= 15 is 0 Å². The van der Waals surface area contributed by atoms with Crippen LogP contribution in [-0.4, -0.2) is 23.2 Å². The first kappa shape index (κ1) is 10.6. The van der Waals surface area contributed by atoms with Crippen molar-refractivity contribution in [3.8, 4) is 0 Å². The summed E-state index contributed by atoms with van der Waals surface area (Å²) < 4.78 is 0. The summed E-state index contributed by atoms with van der Waals surface area (Å²) in [6, 6.07) is 6.05. The molecule has 1 aromatic carbocycles. The van der Waals surface area contributed by atoms with E-state index in [2.05, 4.69) is 24.0 Å². The molecule has 1 aliphatic heterocycles. The molecule has 15 heavy (non-hydrogen) atoms. The van der Waals surface area contributed by atoms with Crippen LogP contribution < -0.4 is 5.73 Å². The third kappa shape index (κ3) is 2.04. The SMILES string of the molecule is CCN1Cc2ccc(C(N)CO)cc2C1. The Hall–Kier alpha value is -0.900. The molecule has 3 heteroatoms. The standard InChI is InChI=1S/C12H18N2O/c1-2-14-6-10-4-3-9(12(13)8-15)5-11(10)7-14/h3-5,12,15H,2,6-8,13H2,1H3. The van der Waals surface area contributed by atoms with Gasteiger partial charge in [0.2, 0.25) is 0 Å². The lowest BCUT2D eigenvalue weighted by atomic mass is 10.0. The van der Waals surface area contributed by atoms with Crippen molar-refractivity contribution in [1.29, 1.82) is 0 Å². The molecule has 1 aromatic rings. The average molecular weight is 206 g/mol. The van der Waals surface area contributed by atoms with Gasteiger partial charge in [-0.05, 0) is 23.2 Å². The lowest BCUT2D eigenvalue weighted by Gasteiger charge is -2.10. The van der Waals surface area contributed by atoms with Crippen LogP contribution in [0.3, 0.4) is 0 Å². The van der Waals surface area contributed by atoms with E-state index in [0.717, 1.165) is 25.2 Å². The van der Waals surface area contributed by atoms with Crippen LogP contribution in [0.4, 0.5) is 0 Å². The van der Waals surface area contributed by atoms with Crippen molar-refractivity contribution in [3.63, 3.8) is 0 Å². The monoisotopic (exact) mass is 206 g/mol. The van der Waals surface area contributed by atoms with Crippen LogP contribution in [-0.2, 0) is 13.1 Å². The summed E-state index contributed by atoms with van der Waals surface area (Å²) in [7, 11) is 0. The highest BCUT2D eigenvalue weighted by Gasteiger charge is 2.18. The van der Waals surface area contributed by atoms with Crippen LogP contribution in [0.5, 0.6) is 0 Å². The van der Waals surface area contributed by atoms with E-state index in [4.69, 9.17) is 10.8 Å². The number of rotatable bonds is 3. The van der Waals surface area contributed by atoms with Gasteiger partial charge in [0.05, 0.1) is 12.6 Å². The first-order chi connectivity index (χ1) is 7.24. The first-order valence-corrected chi connectivity index (χ1v) is 5.45. The molecule has 0 saturated heterocycles. The van der Waals surface area contributed by atoms with Crippen LogP contribution in [0.2, 0.25) is 0 Å². The molecule has 1 atom stereocenters. The quantitative estimate of drug-likeness (QED) is 0.776. The molecule has 3 nitrogen and oxygen atoms in total. The van der Waals surface area contributed by atoms with Crippen molar-refractivity contribution in [2.24, 2.45) is 5.73 Å². The Balaban J connectivity index is 2.22. The van der Waals surface area contributed by atoms with Crippen molar-refractivity contribution in [1.82, 2.24) is 4.90 Å². The number of hydrogen-bond donors (Lipinski definition) is 2. The van der Waals surface area contributed by atoms with Crippen LogP contribution in [0.25, 0.3) is 0 Å². The van der Waals surface area contributed by atoms with Gasteiger partial charge in [0.1, 0.15) is 0 Å². The van der Waals surface area contributed by atoms with Gasteiger partial charge in [-0.15, -0.1) is 0 Å². The average Bonchev–Trinajstić information content (AvgIpc) is 2.69. The van der Waals surface area contributed by atoms with Crippen molar-refractivity contribution >= 4 is 0 Å². The van der Waals surface area contributed by atoms with Crippen molar-refractivity contribution < 1.29 is 5.11 Å². The summed E-state index contributed by atoms with van der Waals surface area (Å²) in [5.41, 5.74) is 9.58. The minimum absolute atomic E-state index is 0.0102.